The molecule has 10 aromatic heterocycles. The Hall–Kier alpha value is -6.17. The van der Waals surface area contributed by atoms with E-state index in [1.165, 1.54) is 174 Å². The number of hydrogen-bond donors (Lipinski definition) is 0. The number of furan rings is 2. The van der Waals surface area contributed by atoms with Crippen molar-refractivity contribution in [3.05, 3.63) is 314 Å². The number of fused-ring (bicyclic) bond motifs is 6. The van der Waals surface area contributed by atoms with Crippen molar-refractivity contribution in [2.75, 3.05) is 0 Å². The van der Waals surface area contributed by atoms with E-state index in [1.807, 2.05) is 63.4 Å². The van der Waals surface area contributed by atoms with E-state index in [2.05, 4.69) is 371 Å². The summed E-state index contributed by atoms with van der Waals surface area (Å²) < 4.78 is 25.6. The van der Waals surface area contributed by atoms with Crippen LogP contribution in [0.1, 0.15) is 204 Å². The molecule has 0 atom stereocenters. The average molecular weight is 1920 g/mol. The number of thiophene rings is 2. The molecule has 4 aromatic carbocycles. The molecule has 4 nitrogen and oxygen atoms in total. The molecule has 0 fully saturated rings. The minimum absolute atomic E-state index is 0.509. The fourth-order valence-corrected chi connectivity index (χ4v) is 29.1. The zero-order valence-corrected chi connectivity index (χ0v) is 91.2. The van der Waals surface area contributed by atoms with Gasteiger partial charge in [-0.3, -0.25) is 0 Å². The van der Waals surface area contributed by atoms with Crippen molar-refractivity contribution in [2.24, 2.45) is 14.1 Å². The Morgan fingerprint density at radius 2 is 0.941 bits per heavy atom. The third-order valence-electron chi connectivity index (χ3n) is 24.7. The van der Waals surface area contributed by atoms with Crippen molar-refractivity contribution in [3.8, 4) is 0 Å². The zero-order valence-electron chi connectivity index (χ0n) is 80.7. The van der Waals surface area contributed by atoms with E-state index in [-0.39, 0.29) is 0 Å². The maximum absolute atomic E-state index is 5.21. The Kier molecular flexibility index (Phi) is 39.3. The van der Waals surface area contributed by atoms with Gasteiger partial charge in [0.15, 0.2) is 0 Å². The minimum atomic E-state index is -1.07. The first-order chi connectivity index (χ1) is 54.7. The summed E-state index contributed by atoms with van der Waals surface area (Å²) in [5.41, 5.74) is 36.2. The summed E-state index contributed by atoms with van der Waals surface area (Å²) in [6, 6.07) is 31.9. The van der Waals surface area contributed by atoms with Gasteiger partial charge < -0.3 is 18.0 Å². The standard InChI is InChI=1S/2C15H14Se.2C9H16Si.2C8H13N.2C7H10O.2C7H10S.2C7H10Se/c1-9-4-5-14-12(6-9)13-7-10(2)11(3)8-15(13)16-14;1-9-4-5-12-13-7-10(2)11(3)8-15(13)16-14(12)6-9;1-7-6-10(4,5)9(3)8(7)2;1-7-6-8(2)10(4,5)9(7)3;1-6-5-9(4)8(3)7(6)2;1-6-5-7(2)9(4)8(6)3;1-5-4-8-7(3)6(5)2;1-5-4-6(2)8-7(5)3;1-5-4-8-7(3)6(5)2;1-5-4-6(2)8-7(5)3;1-5-4-8-7(3)6(5)2;1-5-4-6(2)8-7(5)3/h2*4-8H,1-3H3;2*6H,1-5H3;2*5H,1-4H3;6*4H,1-3H3. The van der Waals surface area contributed by atoms with Gasteiger partial charge in [0, 0.05) is 52.0 Å². The third-order valence-corrected chi connectivity index (χ3v) is 44.1. The monoisotopic (exact) mass is 1920 g/mol. The molecule has 2 aliphatic rings. The number of aromatic nitrogens is 2. The van der Waals surface area contributed by atoms with Gasteiger partial charge in [0.25, 0.3) is 0 Å². The Bertz CT molecular complexity index is 5430. The molecule has 118 heavy (non-hydrogen) atoms. The summed E-state index contributed by atoms with van der Waals surface area (Å²) in [6.07, 6.45) is 6.29. The largest absolute Gasteiger partial charge is 0.469 e. The number of hydrogen-bond acceptors (Lipinski definition) is 4. The van der Waals surface area contributed by atoms with Crippen LogP contribution < -0.4 is 0 Å². The number of nitrogens with zero attached hydrogens (tertiary/aromatic N) is 2. The number of allylic oxidation sites excluding steroid dienone is 7. The summed E-state index contributed by atoms with van der Waals surface area (Å²) in [4.78, 5) is 6.66. The predicted octanol–water partition coefficient (Wildman–Crippen LogP) is 31.1. The summed E-state index contributed by atoms with van der Waals surface area (Å²) >= 11 is 6.11. The summed E-state index contributed by atoms with van der Waals surface area (Å²) in [7, 11) is 2.05. The molecular weight excluding hydrogens is 1770 g/mol. The number of aryl methyl sites for hydroxylation is 25. The van der Waals surface area contributed by atoms with Gasteiger partial charge in [-0.05, 0) is 240 Å². The first-order valence-corrected chi connectivity index (χ1v) is 56.3. The quantitative estimate of drug-likeness (QED) is 0.142. The molecule has 12 heterocycles. The van der Waals surface area contributed by atoms with Crippen LogP contribution in [-0.4, -0.2) is 83.3 Å². The molecule has 2 aliphatic heterocycles. The Labute approximate surface area is 750 Å². The van der Waals surface area contributed by atoms with Crippen molar-refractivity contribution >= 4 is 135 Å². The van der Waals surface area contributed by atoms with Crippen LogP contribution >= 0.6 is 22.7 Å². The molecule has 0 amide bonds. The van der Waals surface area contributed by atoms with Gasteiger partial charge in [-0.25, -0.2) is 0 Å². The number of benzene rings is 4. The van der Waals surface area contributed by atoms with Crippen LogP contribution in [0.15, 0.2) is 161 Å². The second-order valence-electron chi connectivity index (χ2n) is 34.5. The Morgan fingerprint density at radius 3 is 1.20 bits per heavy atom. The van der Waals surface area contributed by atoms with Crippen molar-refractivity contribution in [1.29, 1.82) is 0 Å². The fraction of sp³-hybridized carbons (Fsp3) is 0.396. The molecule has 12 heteroatoms. The van der Waals surface area contributed by atoms with Crippen LogP contribution in [0.4, 0.5) is 0 Å². The van der Waals surface area contributed by atoms with E-state index < -0.39 is 16.1 Å². The van der Waals surface area contributed by atoms with E-state index in [9.17, 15) is 0 Å². The van der Waals surface area contributed by atoms with Crippen molar-refractivity contribution < 1.29 is 8.83 Å². The molecule has 0 saturated heterocycles. The smallest absolute Gasteiger partial charge is 0.103 e. The van der Waals surface area contributed by atoms with Gasteiger partial charge >= 0.3 is 315 Å². The molecule has 0 saturated carbocycles. The van der Waals surface area contributed by atoms with Crippen LogP contribution in [0.5, 0.6) is 0 Å². The minimum Gasteiger partial charge on any atom is -0.469 e. The molecule has 14 aromatic rings. The van der Waals surface area contributed by atoms with Crippen LogP contribution in [0.2, 0.25) is 26.2 Å². The molecule has 0 aliphatic carbocycles. The number of rotatable bonds is 0. The van der Waals surface area contributed by atoms with Gasteiger partial charge in [-0.15, -0.1) is 22.7 Å². The second kappa shape index (κ2) is 45.3. The van der Waals surface area contributed by atoms with E-state index in [4.69, 9.17) is 8.83 Å². The molecule has 636 valence electrons. The summed E-state index contributed by atoms with van der Waals surface area (Å²) in [5.74, 6) is 3.06. The van der Waals surface area contributed by atoms with Crippen LogP contribution in [-0.2, 0) is 14.1 Å². The maximum Gasteiger partial charge on any atom is 0.103 e. The normalized spacial score (nSPS) is 12.7. The second-order valence-corrected chi connectivity index (χ2v) is 56.2. The molecule has 0 unspecified atom stereocenters. The van der Waals surface area contributed by atoms with E-state index in [0.717, 1.165) is 17.3 Å². The van der Waals surface area contributed by atoms with Crippen LogP contribution in [0, 0.1) is 208 Å². The van der Waals surface area contributed by atoms with Gasteiger partial charge in [-0.2, -0.15) is 0 Å². The van der Waals surface area contributed by atoms with Gasteiger partial charge in [-0.1, -0.05) is 70.3 Å². The summed E-state index contributed by atoms with van der Waals surface area (Å²) in [6.45, 7) is 87.4. The van der Waals surface area contributed by atoms with Gasteiger partial charge in [0.05, 0.1) is 14.3 Å². The maximum atomic E-state index is 5.21. The van der Waals surface area contributed by atoms with Crippen molar-refractivity contribution in [3.63, 3.8) is 0 Å². The van der Waals surface area contributed by atoms with Gasteiger partial charge in [0.1, 0.15) is 25.4 Å². The van der Waals surface area contributed by atoms with Crippen LogP contribution in [0.25, 0.3) is 38.6 Å². The van der Waals surface area contributed by atoms with Crippen molar-refractivity contribution in [2.45, 2.75) is 275 Å². The molecule has 0 N–H and O–H groups in total. The van der Waals surface area contributed by atoms with Crippen molar-refractivity contribution in [1.82, 2.24) is 9.13 Å². The van der Waals surface area contributed by atoms with E-state index in [1.54, 1.807) is 47.9 Å². The zero-order chi connectivity index (χ0) is 89.4. The molecule has 0 radical (unpaired) electrons. The van der Waals surface area contributed by atoms with Crippen LogP contribution in [0.3, 0.4) is 0 Å². The van der Waals surface area contributed by atoms with Gasteiger partial charge in [0.2, 0.25) is 0 Å². The Balaban J connectivity index is 0.000000232. The van der Waals surface area contributed by atoms with E-state index in [0.29, 0.717) is 58.0 Å². The predicted molar refractivity (Wildman–Crippen MR) is 542 cm³/mol. The molecule has 0 spiro atoms. The molecule has 0 bridgehead atoms. The topological polar surface area (TPSA) is 36.1 Å². The van der Waals surface area contributed by atoms with E-state index >= 15 is 0 Å². The SMILES string of the molecule is CC1=CC(C)=C(C)[Si]1(C)C.CC1=C[Si](C)(C)C(C)=C1C.Cc1c[se]c(C)c1C.Cc1cc(C)c(C)[se]1.Cc1cc(C)c(C)o1.Cc1cc(C)c(C)s1.Cc1cc(C)n(C)c1C.Cc1ccc2[se]c3cc(C)c(C)cc3c2c1.Cc1ccc2c(c1)[se]c1cc(C)c(C)cc12.Cc1cn(C)c(C)c1C.Cc1coc(C)c1C.Cc1csc(C)c1C. The fourth-order valence-electron chi connectivity index (χ4n) is 13.5. The third kappa shape index (κ3) is 28.5. The average Bonchev–Trinajstić information content (AvgIpc) is 1.64. The first-order valence-electron chi connectivity index (χ1n) is 41.6. The Morgan fingerprint density at radius 1 is 0.398 bits per heavy atom. The molecule has 16 rings (SSSR count). The molecular formula is C106H146N2O2S2Se4Si2. The summed E-state index contributed by atoms with van der Waals surface area (Å²) in [5, 5.41) is 13.0. The first kappa shape index (κ1) is 102.